The first-order valence-electron chi connectivity index (χ1n) is 5.41. The molecule has 4 nitrogen and oxygen atoms in total. The van der Waals surface area contributed by atoms with Crippen LogP contribution >= 0.6 is 39.9 Å². The van der Waals surface area contributed by atoms with Crippen LogP contribution in [-0.4, -0.2) is 21.9 Å². The van der Waals surface area contributed by atoms with E-state index in [4.69, 9.17) is 17.0 Å². The Hall–Kier alpha value is -1.05. The third kappa shape index (κ3) is 3.29. The van der Waals surface area contributed by atoms with Gasteiger partial charge in [-0.2, -0.15) is 0 Å². The summed E-state index contributed by atoms with van der Waals surface area (Å²) in [6.07, 6.45) is 1.70. The maximum absolute atomic E-state index is 11.6. The molecule has 1 amide bonds. The molecule has 0 spiro atoms. The molecule has 1 aliphatic heterocycles. The number of amides is 1. The molecule has 0 atom stereocenters. The highest BCUT2D eigenvalue weighted by Crippen LogP contribution is 2.37. The molecule has 0 saturated carbocycles. The van der Waals surface area contributed by atoms with Gasteiger partial charge in [0, 0.05) is 0 Å². The molecule has 1 fully saturated rings. The van der Waals surface area contributed by atoms with E-state index in [0.29, 0.717) is 26.1 Å². The number of thiocarbonyl (C=S) groups is 1. The Morgan fingerprint density at radius 2 is 2.32 bits per heavy atom. The maximum atomic E-state index is 11.6. The number of carbonyl (C=O) groups is 1. The number of rotatable bonds is 3. The van der Waals surface area contributed by atoms with Crippen molar-refractivity contribution >= 4 is 56.2 Å². The monoisotopic (exact) mass is 359 g/mol. The zero-order valence-corrected chi connectivity index (χ0v) is 13.1. The van der Waals surface area contributed by atoms with Gasteiger partial charge in [0.05, 0.1) is 16.0 Å². The van der Waals surface area contributed by atoms with Crippen molar-refractivity contribution in [1.82, 2.24) is 5.32 Å². The largest absolute Gasteiger partial charge is 0.503 e. The summed E-state index contributed by atoms with van der Waals surface area (Å²) in [6, 6.07) is 3.38. The number of aromatic hydroxyl groups is 1. The average molecular weight is 360 g/mol. The fourth-order valence-corrected chi connectivity index (χ4v) is 3.02. The summed E-state index contributed by atoms with van der Waals surface area (Å²) < 4.78 is 6.28. The van der Waals surface area contributed by atoms with Crippen LogP contribution in [-0.2, 0) is 4.79 Å². The molecule has 2 N–H and O–H groups in total. The standard InChI is InChI=1S/C12H10BrNO3S2/c1-2-17-8-4-6(3-7(13)10(8)15)5-9-11(16)14-12(18)19-9/h3-5,15H,2H2,1H3,(H,14,16,18). The molecule has 2 rings (SSSR count). The van der Waals surface area contributed by atoms with E-state index in [0.717, 1.165) is 5.56 Å². The Kier molecular flexibility index (Phi) is 4.49. The summed E-state index contributed by atoms with van der Waals surface area (Å²) in [5.41, 5.74) is 0.746. The van der Waals surface area contributed by atoms with Crippen molar-refractivity contribution in [3.8, 4) is 11.5 Å². The molecule has 7 heteroatoms. The van der Waals surface area contributed by atoms with Crippen molar-refractivity contribution < 1.29 is 14.6 Å². The number of benzene rings is 1. The van der Waals surface area contributed by atoms with Gasteiger partial charge in [-0.15, -0.1) is 0 Å². The van der Waals surface area contributed by atoms with Crippen LogP contribution in [0, 0.1) is 0 Å². The first-order chi connectivity index (χ1) is 9.01. The quantitative estimate of drug-likeness (QED) is 0.641. The van der Waals surface area contributed by atoms with E-state index in [9.17, 15) is 9.90 Å². The van der Waals surface area contributed by atoms with Crippen molar-refractivity contribution in [1.29, 1.82) is 0 Å². The number of thioether (sulfide) groups is 1. The molecule has 1 saturated heterocycles. The summed E-state index contributed by atoms with van der Waals surface area (Å²) in [4.78, 5) is 12.1. The number of nitrogens with one attached hydrogen (secondary N) is 1. The molecule has 19 heavy (non-hydrogen) atoms. The second-order valence-electron chi connectivity index (χ2n) is 3.63. The van der Waals surface area contributed by atoms with Crippen LogP contribution in [0.3, 0.4) is 0 Å². The van der Waals surface area contributed by atoms with Crippen LogP contribution in [0.4, 0.5) is 0 Å². The van der Waals surface area contributed by atoms with Gasteiger partial charge < -0.3 is 15.2 Å². The second kappa shape index (κ2) is 5.94. The lowest BCUT2D eigenvalue weighted by atomic mass is 10.2. The maximum Gasteiger partial charge on any atom is 0.263 e. The molecule has 0 aromatic heterocycles. The Bertz CT molecular complexity index is 587. The van der Waals surface area contributed by atoms with E-state index in [1.54, 1.807) is 18.2 Å². The lowest BCUT2D eigenvalue weighted by Crippen LogP contribution is -2.17. The average Bonchev–Trinajstić information content (AvgIpc) is 2.64. The molecule has 0 bridgehead atoms. The number of halogens is 1. The topological polar surface area (TPSA) is 58.6 Å². The zero-order valence-electron chi connectivity index (χ0n) is 9.90. The van der Waals surface area contributed by atoms with E-state index in [1.807, 2.05) is 6.92 Å². The molecule has 1 aliphatic rings. The Morgan fingerprint density at radius 1 is 1.58 bits per heavy atom. The molecular formula is C12H10BrNO3S2. The fourth-order valence-electron chi connectivity index (χ4n) is 1.52. The van der Waals surface area contributed by atoms with E-state index < -0.39 is 0 Å². The smallest absolute Gasteiger partial charge is 0.263 e. The molecule has 0 aliphatic carbocycles. The fraction of sp³-hybridized carbons (Fsp3) is 0.167. The number of phenols is 1. The molecule has 1 heterocycles. The number of ether oxygens (including phenoxy) is 1. The van der Waals surface area contributed by atoms with Gasteiger partial charge in [0.15, 0.2) is 11.5 Å². The number of hydrogen-bond donors (Lipinski definition) is 2. The summed E-state index contributed by atoms with van der Waals surface area (Å²) in [6.45, 7) is 2.27. The van der Waals surface area contributed by atoms with Gasteiger partial charge in [-0.25, -0.2) is 0 Å². The van der Waals surface area contributed by atoms with Crippen LogP contribution in [0.25, 0.3) is 6.08 Å². The highest BCUT2D eigenvalue weighted by Gasteiger charge is 2.22. The third-order valence-electron chi connectivity index (χ3n) is 2.29. The summed E-state index contributed by atoms with van der Waals surface area (Å²) in [5, 5.41) is 12.4. The van der Waals surface area contributed by atoms with Gasteiger partial charge in [-0.05, 0) is 46.6 Å². The van der Waals surface area contributed by atoms with Gasteiger partial charge in [0.1, 0.15) is 4.32 Å². The Morgan fingerprint density at radius 3 is 2.89 bits per heavy atom. The first kappa shape index (κ1) is 14.4. The number of phenolic OH excluding ortho intramolecular Hbond substituents is 1. The highest BCUT2D eigenvalue weighted by molar-refractivity contribution is 9.10. The van der Waals surface area contributed by atoms with Gasteiger partial charge >= 0.3 is 0 Å². The normalized spacial score (nSPS) is 16.8. The predicted octanol–water partition coefficient (Wildman–Crippen LogP) is 3.04. The second-order valence-corrected chi connectivity index (χ2v) is 6.21. The van der Waals surface area contributed by atoms with Crippen molar-refractivity contribution in [2.45, 2.75) is 6.92 Å². The number of carbonyl (C=O) groups excluding carboxylic acids is 1. The molecule has 1 aromatic carbocycles. The van der Waals surface area contributed by atoms with Gasteiger partial charge in [-0.1, -0.05) is 24.0 Å². The minimum Gasteiger partial charge on any atom is -0.503 e. The highest BCUT2D eigenvalue weighted by atomic mass is 79.9. The Balaban J connectivity index is 2.38. The first-order valence-corrected chi connectivity index (χ1v) is 7.43. The predicted molar refractivity (Wildman–Crippen MR) is 83.3 cm³/mol. The zero-order chi connectivity index (χ0) is 14.0. The van der Waals surface area contributed by atoms with Crippen molar-refractivity contribution in [3.63, 3.8) is 0 Å². The van der Waals surface area contributed by atoms with E-state index in [1.165, 1.54) is 11.8 Å². The van der Waals surface area contributed by atoms with Crippen LogP contribution < -0.4 is 10.1 Å². The van der Waals surface area contributed by atoms with Gasteiger partial charge in [0.2, 0.25) is 0 Å². The van der Waals surface area contributed by atoms with Crippen LogP contribution in [0.5, 0.6) is 11.5 Å². The molecular weight excluding hydrogens is 350 g/mol. The van der Waals surface area contributed by atoms with E-state index in [2.05, 4.69) is 21.2 Å². The SMILES string of the molecule is CCOc1cc(C=C2SC(=S)NC2=O)cc(Br)c1O. The van der Waals surface area contributed by atoms with E-state index >= 15 is 0 Å². The molecule has 0 radical (unpaired) electrons. The minimum absolute atomic E-state index is 0.0445. The molecule has 100 valence electrons. The lowest BCUT2D eigenvalue weighted by Gasteiger charge is -2.08. The molecule has 0 unspecified atom stereocenters. The van der Waals surface area contributed by atoms with Crippen molar-refractivity contribution in [2.24, 2.45) is 0 Å². The van der Waals surface area contributed by atoms with Gasteiger partial charge in [0.25, 0.3) is 5.91 Å². The van der Waals surface area contributed by atoms with E-state index in [-0.39, 0.29) is 11.7 Å². The van der Waals surface area contributed by atoms with Crippen LogP contribution in [0.2, 0.25) is 0 Å². The molecule has 1 aromatic rings. The van der Waals surface area contributed by atoms with Gasteiger partial charge in [-0.3, -0.25) is 4.79 Å². The summed E-state index contributed by atoms with van der Waals surface area (Å²) in [5.74, 6) is 0.204. The van der Waals surface area contributed by atoms with Crippen LogP contribution in [0.15, 0.2) is 21.5 Å². The lowest BCUT2D eigenvalue weighted by molar-refractivity contribution is -0.115. The third-order valence-corrected chi connectivity index (χ3v) is 4.06. The summed E-state index contributed by atoms with van der Waals surface area (Å²) >= 11 is 9.38. The minimum atomic E-state index is -0.211. The van der Waals surface area contributed by atoms with Crippen molar-refractivity contribution in [2.75, 3.05) is 6.61 Å². The summed E-state index contributed by atoms with van der Waals surface area (Å²) in [7, 11) is 0. The van der Waals surface area contributed by atoms with Crippen molar-refractivity contribution in [3.05, 3.63) is 27.1 Å². The Labute approximate surface area is 128 Å². The number of hydrogen-bond acceptors (Lipinski definition) is 5. The van der Waals surface area contributed by atoms with Crippen LogP contribution in [0.1, 0.15) is 12.5 Å².